The number of allylic oxidation sites excluding steroid dienone is 2. The molecule has 3 nitrogen and oxygen atoms in total. The van der Waals surface area contributed by atoms with Crippen LogP contribution in [0, 0.1) is 0 Å². The molecule has 0 aromatic heterocycles. The minimum Gasteiger partial charge on any atom is -0.215 e. The van der Waals surface area contributed by atoms with E-state index in [-0.39, 0.29) is 5.25 Å². The van der Waals surface area contributed by atoms with Crippen LogP contribution in [-0.2, 0) is 10.0 Å². The molecular formula is C8H15NO2S. The lowest BCUT2D eigenvalue weighted by molar-refractivity contribution is 0.555. The third-order valence-electron chi connectivity index (χ3n) is 2.01. The average molecular weight is 189 g/mol. The lowest BCUT2D eigenvalue weighted by Gasteiger charge is -2.17. The lowest BCUT2D eigenvalue weighted by Crippen LogP contribution is -2.34. The third-order valence-corrected chi connectivity index (χ3v) is 4.00. The van der Waals surface area contributed by atoms with Crippen LogP contribution in [0.25, 0.3) is 0 Å². The van der Waals surface area contributed by atoms with E-state index in [4.69, 9.17) is 0 Å². The fourth-order valence-electron chi connectivity index (χ4n) is 1.37. The van der Waals surface area contributed by atoms with Crippen molar-refractivity contribution in [1.82, 2.24) is 4.72 Å². The molecule has 0 radical (unpaired) electrons. The Kier molecular flexibility index (Phi) is 3.29. The zero-order chi connectivity index (χ0) is 9.03. The molecule has 1 aliphatic carbocycles. The van der Waals surface area contributed by atoms with Crippen LogP contribution in [0.4, 0.5) is 0 Å². The van der Waals surface area contributed by atoms with Crippen LogP contribution in [0.2, 0.25) is 0 Å². The second-order valence-corrected chi connectivity index (χ2v) is 4.99. The van der Waals surface area contributed by atoms with Crippen LogP contribution >= 0.6 is 0 Å². The van der Waals surface area contributed by atoms with Crippen LogP contribution in [0.15, 0.2) is 12.2 Å². The van der Waals surface area contributed by atoms with E-state index in [1.807, 2.05) is 12.2 Å². The van der Waals surface area contributed by atoms with Crippen molar-refractivity contribution in [3.05, 3.63) is 12.2 Å². The van der Waals surface area contributed by atoms with Gasteiger partial charge in [-0.2, -0.15) is 0 Å². The Morgan fingerprint density at radius 2 is 2.25 bits per heavy atom. The number of hydrogen-bond donors (Lipinski definition) is 1. The molecule has 0 bridgehead atoms. The maximum Gasteiger partial charge on any atom is 0.214 e. The summed E-state index contributed by atoms with van der Waals surface area (Å²) in [5.74, 6) is 0. The van der Waals surface area contributed by atoms with E-state index in [1.54, 1.807) is 6.92 Å². The zero-order valence-electron chi connectivity index (χ0n) is 7.29. The molecule has 1 N–H and O–H groups in total. The molecule has 1 rings (SSSR count). The molecule has 1 atom stereocenters. The Morgan fingerprint density at radius 1 is 1.50 bits per heavy atom. The maximum atomic E-state index is 11.4. The summed E-state index contributed by atoms with van der Waals surface area (Å²) in [6.45, 7) is 2.29. The van der Waals surface area contributed by atoms with E-state index in [0.29, 0.717) is 13.0 Å². The van der Waals surface area contributed by atoms with Gasteiger partial charge in [0.25, 0.3) is 0 Å². The van der Waals surface area contributed by atoms with Gasteiger partial charge >= 0.3 is 0 Å². The van der Waals surface area contributed by atoms with Gasteiger partial charge in [0.2, 0.25) is 10.0 Å². The van der Waals surface area contributed by atoms with Crippen molar-refractivity contribution < 1.29 is 8.42 Å². The highest BCUT2D eigenvalue weighted by Gasteiger charge is 2.23. The standard InChI is InChI=1S/C8H15NO2S/c1-2-9-12(10,11)8-6-4-3-5-7-8/h3-4,8-9H,2,5-7H2,1H3. The van der Waals surface area contributed by atoms with Crippen molar-refractivity contribution in [2.24, 2.45) is 0 Å². The van der Waals surface area contributed by atoms with E-state index in [2.05, 4.69) is 4.72 Å². The lowest BCUT2D eigenvalue weighted by atomic mass is 10.1. The third kappa shape index (κ3) is 2.32. The average Bonchev–Trinajstić information content (AvgIpc) is 2.06. The molecule has 0 saturated heterocycles. The first-order chi connectivity index (χ1) is 5.67. The second kappa shape index (κ2) is 4.05. The van der Waals surface area contributed by atoms with Crippen molar-refractivity contribution in [3.63, 3.8) is 0 Å². The molecule has 70 valence electrons. The van der Waals surface area contributed by atoms with Crippen LogP contribution in [0.5, 0.6) is 0 Å². The van der Waals surface area contributed by atoms with Gasteiger partial charge in [-0.3, -0.25) is 0 Å². The van der Waals surface area contributed by atoms with Crippen molar-refractivity contribution in [2.45, 2.75) is 31.4 Å². The highest BCUT2D eigenvalue weighted by molar-refractivity contribution is 7.90. The van der Waals surface area contributed by atoms with Gasteiger partial charge in [-0.1, -0.05) is 19.1 Å². The summed E-state index contributed by atoms with van der Waals surface area (Å²) in [5, 5.41) is -0.206. The van der Waals surface area contributed by atoms with Gasteiger partial charge in [0.15, 0.2) is 0 Å². The van der Waals surface area contributed by atoms with E-state index in [0.717, 1.165) is 12.8 Å². The zero-order valence-corrected chi connectivity index (χ0v) is 8.10. The van der Waals surface area contributed by atoms with Gasteiger partial charge in [0.05, 0.1) is 5.25 Å². The molecule has 0 heterocycles. The number of sulfonamides is 1. The van der Waals surface area contributed by atoms with Gasteiger partial charge in [0.1, 0.15) is 0 Å². The Morgan fingerprint density at radius 3 is 2.75 bits per heavy atom. The maximum absolute atomic E-state index is 11.4. The predicted molar refractivity (Wildman–Crippen MR) is 49.4 cm³/mol. The van der Waals surface area contributed by atoms with E-state index < -0.39 is 10.0 Å². The Bertz CT molecular complexity index is 256. The fourth-order valence-corrected chi connectivity index (χ4v) is 2.82. The van der Waals surface area contributed by atoms with Gasteiger partial charge < -0.3 is 0 Å². The highest BCUT2D eigenvalue weighted by atomic mass is 32.2. The number of nitrogens with one attached hydrogen (secondary N) is 1. The molecule has 1 unspecified atom stereocenters. The first-order valence-corrected chi connectivity index (χ1v) is 5.85. The van der Waals surface area contributed by atoms with E-state index in [9.17, 15) is 8.42 Å². The van der Waals surface area contributed by atoms with Gasteiger partial charge in [-0.15, -0.1) is 0 Å². The smallest absolute Gasteiger partial charge is 0.214 e. The molecule has 0 aliphatic heterocycles. The molecule has 0 saturated carbocycles. The normalized spacial score (nSPS) is 24.2. The van der Waals surface area contributed by atoms with E-state index in [1.165, 1.54) is 0 Å². The van der Waals surface area contributed by atoms with Gasteiger partial charge in [0, 0.05) is 6.54 Å². The molecule has 1 aliphatic rings. The summed E-state index contributed by atoms with van der Waals surface area (Å²) in [4.78, 5) is 0. The Hall–Kier alpha value is -0.350. The summed E-state index contributed by atoms with van der Waals surface area (Å²) in [6.07, 6.45) is 6.29. The van der Waals surface area contributed by atoms with Gasteiger partial charge in [-0.25, -0.2) is 13.1 Å². The van der Waals surface area contributed by atoms with Crippen molar-refractivity contribution in [1.29, 1.82) is 0 Å². The number of hydrogen-bond acceptors (Lipinski definition) is 2. The second-order valence-electron chi connectivity index (χ2n) is 2.95. The summed E-state index contributed by atoms with van der Waals surface area (Å²) < 4.78 is 25.4. The summed E-state index contributed by atoms with van der Waals surface area (Å²) in [5.41, 5.74) is 0. The van der Waals surface area contributed by atoms with Crippen LogP contribution in [-0.4, -0.2) is 20.2 Å². The van der Waals surface area contributed by atoms with Crippen LogP contribution in [0.3, 0.4) is 0 Å². The Balaban J connectivity index is 2.62. The summed E-state index contributed by atoms with van der Waals surface area (Å²) >= 11 is 0. The van der Waals surface area contributed by atoms with Crippen molar-refractivity contribution >= 4 is 10.0 Å². The largest absolute Gasteiger partial charge is 0.215 e. The minimum absolute atomic E-state index is 0.206. The topological polar surface area (TPSA) is 46.2 Å². The quantitative estimate of drug-likeness (QED) is 0.674. The fraction of sp³-hybridized carbons (Fsp3) is 0.750. The SMILES string of the molecule is CCNS(=O)(=O)C1CC=CCC1. The van der Waals surface area contributed by atoms with Gasteiger partial charge in [-0.05, 0) is 19.3 Å². The van der Waals surface area contributed by atoms with Crippen molar-refractivity contribution in [3.8, 4) is 0 Å². The van der Waals surface area contributed by atoms with Crippen LogP contribution in [0.1, 0.15) is 26.2 Å². The Labute approximate surface area is 73.9 Å². The molecule has 0 aromatic rings. The molecular weight excluding hydrogens is 174 g/mol. The predicted octanol–water partition coefficient (Wildman–Crippen LogP) is 1.03. The molecule has 0 fully saturated rings. The first-order valence-electron chi connectivity index (χ1n) is 4.30. The molecule has 12 heavy (non-hydrogen) atoms. The summed E-state index contributed by atoms with van der Waals surface area (Å²) in [7, 11) is -3.03. The molecule has 0 spiro atoms. The number of rotatable bonds is 3. The molecule has 4 heteroatoms. The minimum atomic E-state index is -3.03. The highest BCUT2D eigenvalue weighted by Crippen LogP contribution is 2.17. The van der Waals surface area contributed by atoms with Crippen LogP contribution < -0.4 is 4.72 Å². The van der Waals surface area contributed by atoms with Crippen molar-refractivity contribution in [2.75, 3.05) is 6.54 Å². The molecule has 0 aromatic carbocycles. The monoisotopic (exact) mass is 189 g/mol. The summed E-state index contributed by atoms with van der Waals surface area (Å²) in [6, 6.07) is 0. The first kappa shape index (κ1) is 9.74. The molecule has 0 amide bonds. The van der Waals surface area contributed by atoms with E-state index >= 15 is 0 Å².